The second-order valence-corrected chi connectivity index (χ2v) is 2.76. The van der Waals surface area contributed by atoms with Gasteiger partial charge in [0.05, 0.1) is 23.1 Å². The lowest BCUT2D eigenvalue weighted by Crippen LogP contribution is -1.93. The first-order chi connectivity index (χ1) is 5.77. The van der Waals surface area contributed by atoms with Crippen molar-refractivity contribution in [2.24, 2.45) is 0 Å². The van der Waals surface area contributed by atoms with Crippen molar-refractivity contribution in [2.45, 2.75) is 13.8 Å². The van der Waals surface area contributed by atoms with Gasteiger partial charge in [-0.3, -0.25) is 4.98 Å². The summed E-state index contributed by atoms with van der Waals surface area (Å²) in [5, 5.41) is 0. The van der Waals surface area contributed by atoms with Gasteiger partial charge in [0.2, 0.25) is 0 Å². The molecule has 0 spiro atoms. The van der Waals surface area contributed by atoms with Crippen molar-refractivity contribution in [2.75, 3.05) is 0 Å². The lowest BCUT2D eigenvalue weighted by molar-refractivity contribution is 1.09. The van der Waals surface area contributed by atoms with Gasteiger partial charge in [0.15, 0.2) is 0 Å². The minimum Gasteiger partial charge on any atom is -0.262 e. The van der Waals surface area contributed by atoms with Crippen LogP contribution in [0.4, 0.5) is 0 Å². The quantitative estimate of drug-likeness (QED) is 0.586. The molecule has 2 aromatic rings. The Morgan fingerprint density at radius 2 is 1.67 bits per heavy atom. The van der Waals surface area contributed by atoms with E-state index in [2.05, 4.69) is 15.0 Å². The average molecular weight is 159 g/mol. The first kappa shape index (κ1) is 7.16. The average Bonchev–Trinajstić information content (AvgIpc) is 2.07. The van der Waals surface area contributed by atoms with Gasteiger partial charge in [-0.25, -0.2) is 9.97 Å². The van der Waals surface area contributed by atoms with Crippen LogP contribution in [0.3, 0.4) is 0 Å². The first-order valence-electron chi connectivity index (χ1n) is 3.82. The van der Waals surface area contributed by atoms with Crippen LogP contribution in [0.2, 0.25) is 0 Å². The van der Waals surface area contributed by atoms with Crippen LogP contribution in [0, 0.1) is 13.8 Å². The van der Waals surface area contributed by atoms with Crippen molar-refractivity contribution < 1.29 is 0 Å². The number of hydrogen-bond donors (Lipinski definition) is 0. The summed E-state index contributed by atoms with van der Waals surface area (Å²) in [6, 6.07) is 1.87. The van der Waals surface area contributed by atoms with Crippen molar-refractivity contribution >= 4 is 11.0 Å². The predicted octanol–water partition coefficient (Wildman–Crippen LogP) is 1.64. The fraction of sp³-hybridized carbons (Fsp3) is 0.222. The molecule has 2 heterocycles. The van der Waals surface area contributed by atoms with Crippen LogP contribution in [0.15, 0.2) is 18.5 Å². The second kappa shape index (κ2) is 2.52. The van der Waals surface area contributed by atoms with Gasteiger partial charge in [-0.2, -0.15) is 0 Å². The molecule has 3 nitrogen and oxygen atoms in total. The highest BCUT2D eigenvalue weighted by Crippen LogP contribution is 2.09. The molecule has 0 aliphatic heterocycles. The normalized spacial score (nSPS) is 10.5. The Morgan fingerprint density at radius 1 is 1.00 bits per heavy atom. The van der Waals surface area contributed by atoms with E-state index in [0.29, 0.717) is 0 Å². The van der Waals surface area contributed by atoms with Gasteiger partial charge in [-0.15, -0.1) is 0 Å². The Balaban J connectivity index is 2.84. The standard InChI is InChI=1S/C9H9N3/c1-6-7(2)12-9-5-10-4-3-8(9)11-6/h3-5H,1-2H3. The number of rotatable bonds is 0. The van der Waals surface area contributed by atoms with E-state index in [-0.39, 0.29) is 0 Å². The summed E-state index contributed by atoms with van der Waals surface area (Å²) >= 11 is 0. The lowest BCUT2D eigenvalue weighted by atomic mass is 10.3. The van der Waals surface area contributed by atoms with Gasteiger partial charge in [0.25, 0.3) is 0 Å². The van der Waals surface area contributed by atoms with Crippen LogP contribution in [0.5, 0.6) is 0 Å². The monoisotopic (exact) mass is 159 g/mol. The molecule has 0 aliphatic rings. The molecule has 0 unspecified atom stereocenters. The SMILES string of the molecule is Cc1nc2ccncc2nc1C. The van der Waals surface area contributed by atoms with Crippen LogP contribution < -0.4 is 0 Å². The number of pyridine rings is 1. The highest BCUT2D eigenvalue weighted by Gasteiger charge is 1.99. The zero-order valence-electron chi connectivity index (χ0n) is 7.07. The van der Waals surface area contributed by atoms with E-state index in [1.807, 2.05) is 19.9 Å². The second-order valence-electron chi connectivity index (χ2n) is 2.76. The summed E-state index contributed by atoms with van der Waals surface area (Å²) in [6.07, 6.45) is 3.46. The summed E-state index contributed by atoms with van der Waals surface area (Å²) in [4.78, 5) is 12.7. The maximum atomic E-state index is 4.37. The fourth-order valence-electron chi connectivity index (χ4n) is 1.08. The van der Waals surface area contributed by atoms with Crippen LogP contribution >= 0.6 is 0 Å². The Labute approximate surface area is 70.5 Å². The molecule has 0 fully saturated rings. The van der Waals surface area contributed by atoms with Crippen molar-refractivity contribution in [3.8, 4) is 0 Å². The van der Waals surface area contributed by atoms with Gasteiger partial charge in [0.1, 0.15) is 5.52 Å². The first-order valence-corrected chi connectivity index (χ1v) is 3.82. The summed E-state index contributed by atoms with van der Waals surface area (Å²) in [7, 11) is 0. The van der Waals surface area contributed by atoms with Gasteiger partial charge < -0.3 is 0 Å². The molecular formula is C9H9N3. The number of nitrogens with zero attached hydrogens (tertiary/aromatic N) is 3. The molecule has 3 heteroatoms. The zero-order valence-corrected chi connectivity index (χ0v) is 7.07. The number of aromatic nitrogens is 3. The maximum absolute atomic E-state index is 4.37. The third-order valence-corrected chi connectivity index (χ3v) is 1.88. The summed E-state index contributed by atoms with van der Waals surface area (Å²) in [5.41, 5.74) is 3.72. The molecule has 0 saturated carbocycles. The molecule has 0 aromatic carbocycles. The highest BCUT2D eigenvalue weighted by molar-refractivity contribution is 5.72. The smallest absolute Gasteiger partial charge is 0.107 e. The van der Waals surface area contributed by atoms with E-state index in [9.17, 15) is 0 Å². The largest absolute Gasteiger partial charge is 0.262 e. The van der Waals surface area contributed by atoms with E-state index in [1.54, 1.807) is 12.4 Å². The van der Waals surface area contributed by atoms with Crippen LogP contribution in [-0.2, 0) is 0 Å². The van der Waals surface area contributed by atoms with Crippen LogP contribution in [0.25, 0.3) is 11.0 Å². The number of aryl methyl sites for hydroxylation is 2. The molecule has 0 saturated heterocycles. The van der Waals surface area contributed by atoms with E-state index >= 15 is 0 Å². The summed E-state index contributed by atoms with van der Waals surface area (Å²) < 4.78 is 0. The molecule has 0 radical (unpaired) electrons. The third kappa shape index (κ3) is 1.03. The van der Waals surface area contributed by atoms with E-state index < -0.39 is 0 Å². The molecule has 60 valence electrons. The van der Waals surface area contributed by atoms with Gasteiger partial charge in [-0.1, -0.05) is 0 Å². The number of hydrogen-bond acceptors (Lipinski definition) is 3. The van der Waals surface area contributed by atoms with Gasteiger partial charge >= 0.3 is 0 Å². The molecule has 0 N–H and O–H groups in total. The van der Waals surface area contributed by atoms with E-state index in [0.717, 1.165) is 22.4 Å². The van der Waals surface area contributed by atoms with Crippen molar-refractivity contribution in [1.82, 2.24) is 15.0 Å². The molecular weight excluding hydrogens is 150 g/mol. The molecule has 0 bridgehead atoms. The molecule has 0 aliphatic carbocycles. The molecule has 2 aromatic heterocycles. The maximum Gasteiger partial charge on any atom is 0.107 e. The van der Waals surface area contributed by atoms with Crippen molar-refractivity contribution in [1.29, 1.82) is 0 Å². The minimum absolute atomic E-state index is 0.862. The van der Waals surface area contributed by atoms with E-state index in [4.69, 9.17) is 0 Å². The third-order valence-electron chi connectivity index (χ3n) is 1.88. The molecule has 0 amide bonds. The summed E-state index contributed by atoms with van der Waals surface area (Å²) in [5.74, 6) is 0. The fourth-order valence-corrected chi connectivity index (χ4v) is 1.08. The number of fused-ring (bicyclic) bond motifs is 1. The molecule has 0 atom stereocenters. The Kier molecular flexibility index (Phi) is 1.50. The molecule has 2 rings (SSSR count). The van der Waals surface area contributed by atoms with Crippen LogP contribution in [-0.4, -0.2) is 15.0 Å². The van der Waals surface area contributed by atoms with Crippen molar-refractivity contribution in [3.05, 3.63) is 29.8 Å². The predicted molar refractivity (Wildman–Crippen MR) is 46.8 cm³/mol. The van der Waals surface area contributed by atoms with E-state index in [1.165, 1.54) is 0 Å². The Morgan fingerprint density at radius 3 is 2.42 bits per heavy atom. The van der Waals surface area contributed by atoms with Gasteiger partial charge in [-0.05, 0) is 19.9 Å². The lowest BCUT2D eigenvalue weighted by Gasteiger charge is -1.99. The van der Waals surface area contributed by atoms with Crippen molar-refractivity contribution in [3.63, 3.8) is 0 Å². The van der Waals surface area contributed by atoms with Crippen LogP contribution in [0.1, 0.15) is 11.4 Å². The molecule has 12 heavy (non-hydrogen) atoms. The highest BCUT2D eigenvalue weighted by atomic mass is 14.8. The zero-order chi connectivity index (χ0) is 8.55. The Bertz CT molecular complexity index is 383. The Hall–Kier alpha value is -1.51. The summed E-state index contributed by atoms with van der Waals surface area (Å²) in [6.45, 7) is 3.91. The topological polar surface area (TPSA) is 38.7 Å². The van der Waals surface area contributed by atoms with Gasteiger partial charge in [0, 0.05) is 6.20 Å². The minimum atomic E-state index is 0.862.